The maximum Gasteiger partial charge on any atom is 0.277 e. The third-order valence-electron chi connectivity index (χ3n) is 3.50. The van der Waals surface area contributed by atoms with Crippen molar-refractivity contribution in [2.24, 2.45) is 0 Å². The molecule has 0 spiro atoms. The van der Waals surface area contributed by atoms with Gasteiger partial charge in [0.25, 0.3) is 10.2 Å². The molecule has 0 fully saturated rings. The highest BCUT2D eigenvalue weighted by atomic mass is 32.2. The third kappa shape index (κ3) is 7.69. The van der Waals surface area contributed by atoms with Crippen molar-refractivity contribution in [1.29, 1.82) is 0 Å². The number of nitrogens with one attached hydrogen (secondary N) is 2. The van der Waals surface area contributed by atoms with E-state index < -0.39 is 10.2 Å². The molecule has 2 N–H and O–H groups in total. The minimum Gasteiger partial charge on any atom is -0.489 e. The minimum absolute atomic E-state index is 0.110. The van der Waals surface area contributed by atoms with Crippen LogP contribution in [0.2, 0.25) is 0 Å². The van der Waals surface area contributed by atoms with Gasteiger partial charge in [-0.15, -0.1) is 0 Å². The lowest BCUT2D eigenvalue weighted by molar-refractivity contribution is 0.306. The van der Waals surface area contributed by atoms with E-state index in [-0.39, 0.29) is 6.04 Å². The molecule has 2 rings (SSSR count). The molecule has 0 unspecified atom stereocenters. The van der Waals surface area contributed by atoms with Crippen LogP contribution in [0, 0.1) is 0 Å². The van der Waals surface area contributed by atoms with E-state index in [9.17, 15) is 8.42 Å². The molecule has 136 valence electrons. The van der Waals surface area contributed by atoms with Gasteiger partial charge >= 0.3 is 0 Å². The highest BCUT2D eigenvalue weighted by Crippen LogP contribution is 2.15. The molecule has 0 aliphatic rings. The highest BCUT2D eigenvalue weighted by molar-refractivity contribution is 7.87. The van der Waals surface area contributed by atoms with E-state index in [4.69, 9.17) is 4.74 Å². The van der Waals surface area contributed by atoms with Crippen LogP contribution in [-0.2, 0) is 23.2 Å². The molecule has 0 saturated heterocycles. The lowest BCUT2D eigenvalue weighted by atomic mass is 10.1. The zero-order valence-corrected chi connectivity index (χ0v) is 15.6. The van der Waals surface area contributed by atoms with Crippen LogP contribution < -0.4 is 14.2 Å². The number of ether oxygens (including phenoxy) is 1. The molecule has 0 atom stereocenters. The lowest BCUT2D eigenvalue weighted by Gasteiger charge is -2.10. The van der Waals surface area contributed by atoms with Gasteiger partial charge in [0, 0.05) is 12.6 Å². The van der Waals surface area contributed by atoms with Crippen LogP contribution in [0.1, 0.15) is 31.4 Å². The smallest absolute Gasteiger partial charge is 0.277 e. The monoisotopic (exact) mass is 362 g/mol. The molecule has 0 radical (unpaired) electrons. The fourth-order valence-electron chi connectivity index (χ4n) is 2.34. The van der Waals surface area contributed by atoms with Gasteiger partial charge < -0.3 is 4.74 Å². The average molecular weight is 362 g/mol. The molecule has 5 nitrogen and oxygen atoms in total. The Morgan fingerprint density at radius 3 is 2.28 bits per heavy atom. The molecular weight excluding hydrogens is 336 g/mol. The maximum absolute atomic E-state index is 11.6. The fraction of sp³-hybridized carbons (Fsp3) is 0.368. The summed E-state index contributed by atoms with van der Waals surface area (Å²) in [4.78, 5) is 0. The summed E-state index contributed by atoms with van der Waals surface area (Å²) in [5.74, 6) is 0.828. The van der Waals surface area contributed by atoms with Gasteiger partial charge in [-0.2, -0.15) is 13.1 Å². The second kappa shape index (κ2) is 9.56. The van der Waals surface area contributed by atoms with Crippen LogP contribution in [0.5, 0.6) is 5.75 Å². The molecule has 25 heavy (non-hydrogen) atoms. The van der Waals surface area contributed by atoms with Gasteiger partial charge in [0.1, 0.15) is 12.4 Å². The first-order chi connectivity index (χ1) is 11.9. The topological polar surface area (TPSA) is 67.4 Å². The molecule has 0 aliphatic carbocycles. The van der Waals surface area contributed by atoms with Gasteiger partial charge in [-0.25, -0.2) is 4.72 Å². The zero-order valence-electron chi connectivity index (χ0n) is 14.7. The summed E-state index contributed by atoms with van der Waals surface area (Å²) in [5.41, 5.74) is 2.29. The summed E-state index contributed by atoms with van der Waals surface area (Å²) in [5, 5.41) is 0. The number of benzene rings is 2. The van der Waals surface area contributed by atoms with E-state index in [0.717, 1.165) is 29.7 Å². The standard InChI is InChI=1S/C19H26N2O3S/c1-16(2)21-25(22,23)20-14-6-9-17-10-12-19(13-11-17)24-15-18-7-4-3-5-8-18/h3-5,7-8,10-13,16,20-21H,6,9,14-15H2,1-2H3. The first kappa shape index (κ1) is 19.4. The number of aryl methyl sites for hydroxylation is 1. The van der Waals surface area contributed by atoms with Gasteiger partial charge in [0.05, 0.1) is 0 Å². The Morgan fingerprint density at radius 1 is 0.960 bits per heavy atom. The minimum atomic E-state index is -3.40. The zero-order chi connectivity index (χ0) is 18.1. The van der Waals surface area contributed by atoms with E-state index in [1.54, 1.807) is 13.8 Å². The fourth-order valence-corrected chi connectivity index (χ4v) is 3.46. The van der Waals surface area contributed by atoms with Crippen LogP contribution in [0.15, 0.2) is 54.6 Å². The molecule has 0 aromatic heterocycles. The van der Waals surface area contributed by atoms with Crippen LogP contribution >= 0.6 is 0 Å². The van der Waals surface area contributed by atoms with Gasteiger partial charge in [-0.05, 0) is 49.9 Å². The Bertz CT molecular complexity index is 729. The molecule has 0 bridgehead atoms. The van der Waals surface area contributed by atoms with Crippen molar-refractivity contribution >= 4 is 10.2 Å². The summed E-state index contributed by atoms with van der Waals surface area (Å²) in [6.45, 7) is 4.54. The first-order valence-electron chi connectivity index (χ1n) is 8.47. The van der Waals surface area contributed by atoms with E-state index in [0.29, 0.717) is 13.2 Å². The first-order valence-corrected chi connectivity index (χ1v) is 9.95. The van der Waals surface area contributed by atoms with Crippen molar-refractivity contribution in [2.45, 2.75) is 39.3 Å². The SMILES string of the molecule is CC(C)NS(=O)(=O)NCCCc1ccc(OCc2ccccc2)cc1. The average Bonchev–Trinajstić information content (AvgIpc) is 2.58. The molecule has 6 heteroatoms. The Kier molecular flexibility index (Phi) is 7.43. The summed E-state index contributed by atoms with van der Waals surface area (Å²) < 4.78 is 34.1. The second-order valence-corrected chi connectivity index (χ2v) is 7.72. The Morgan fingerprint density at radius 2 is 1.64 bits per heavy atom. The Hall–Kier alpha value is -1.89. The normalized spacial score (nSPS) is 11.6. The van der Waals surface area contributed by atoms with E-state index in [2.05, 4.69) is 9.44 Å². The van der Waals surface area contributed by atoms with E-state index in [1.807, 2.05) is 54.6 Å². The highest BCUT2D eigenvalue weighted by Gasteiger charge is 2.09. The van der Waals surface area contributed by atoms with Crippen molar-refractivity contribution < 1.29 is 13.2 Å². The predicted molar refractivity (Wildman–Crippen MR) is 101 cm³/mol. The molecule has 2 aromatic carbocycles. The second-order valence-electron chi connectivity index (χ2n) is 6.19. The van der Waals surface area contributed by atoms with Crippen LogP contribution in [0.3, 0.4) is 0 Å². The van der Waals surface area contributed by atoms with Crippen LogP contribution in [-0.4, -0.2) is 21.0 Å². The van der Waals surface area contributed by atoms with Crippen molar-refractivity contribution in [3.8, 4) is 5.75 Å². The van der Waals surface area contributed by atoms with Gasteiger partial charge in [0.2, 0.25) is 0 Å². The molecule has 0 heterocycles. The van der Waals surface area contributed by atoms with Crippen molar-refractivity contribution in [1.82, 2.24) is 9.44 Å². The predicted octanol–water partition coefficient (Wildman–Crippen LogP) is 3.03. The largest absolute Gasteiger partial charge is 0.489 e. The summed E-state index contributed by atoms with van der Waals surface area (Å²) >= 11 is 0. The molecular formula is C19H26N2O3S. The molecule has 2 aromatic rings. The van der Waals surface area contributed by atoms with Gasteiger partial charge in [-0.3, -0.25) is 0 Å². The Labute approximate surface area is 150 Å². The van der Waals surface area contributed by atoms with Gasteiger partial charge in [-0.1, -0.05) is 42.5 Å². The van der Waals surface area contributed by atoms with Crippen molar-refractivity contribution in [2.75, 3.05) is 6.54 Å². The van der Waals surface area contributed by atoms with E-state index >= 15 is 0 Å². The lowest BCUT2D eigenvalue weighted by Crippen LogP contribution is -2.40. The summed E-state index contributed by atoms with van der Waals surface area (Å²) in [7, 11) is -3.40. The van der Waals surface area contributed by atoms with E-state index in [1.165, 1.54) is 0 Å². The molecule has 0 aliphatic heterocycles. The number of hydrogen-bond acceptors (Lipinski definition) is 3. The van der Waals surface area contributed by atoms with Gasteiger partial charge in [0.15, 0.2) is 0 Å². The number of rotatable bonds is 10. The number of hydrogen-bond donors (Lipinski definition) is 2. The van der Waals surface area contributed by atoms with Crippen LogP contribution in [0.25, 0.3) is 0 Å². The van der Waals surface area contributed by atoms with Crippen molar-refractivity contribution in [3.63, 3.8) is 0 Å². The maximum atomic E-state index is 11.6. The summed E-state index contributed by atoms with van der Waals surface area (Å²) in [6, 6.07) is 17.8. The Balaban J connectivity index is 1.71. The molecule has 0 amide bonds. The summed E-state index contributed by atoms with van der Waals surface area (Å²) in [6.07, 6.45) is 1.55. The quantitative estimate of drug-likeness (QED) is 0.639. The van der Waals surface area contributed by atoms with Crippen molar-refractivity contribution in [3.05, 3.63) is 65.7 Å². The molecule has 0 saturated carbocycles. The third-order valence-corrected chi connectivity index (χ3v) is 4.86. The van der Waals surface area contributed by atoms with Crippen LogP contribution in [0.4, 0.5) is 0 Å².